The Morgan fingerprint density at radius 3 is 1.74 bits per heavy atom. The van der Waals surface area contributed by atoms with E-state index in [0.29, 0.717) is 0 Å². The molecule has 1 atom stereocenters. The average molecular weight is 477 g/mol. The van der Waals surface area contributed by atoms with Crippen LogP contribution in [-0.4, -0.2) is 0 Å². The number of benzene rings is 3. The Bertz CT molecular complexity index is 992. The van der Waals surface area contributed by atoms with Crippen LogP contribution in [0.4, 0.5) is 0 Å². The molecule has 1 heterocycles. The van der Waals surface area contributed by atoms with E-state index >= 15 is 0 Å². The monoisotopic (exact) mass is 475 g/mol. The van der Waals surface area contributed by atoms with E-state index in [9.17, 15) is 0 Å². The molecule has 0 spiro atoms. The van der Waals surface area contributed by atoms with E-state index in [1.54, 1.807) is 0 Å². The van der Waals surface area contributed by atoms with Crippen LogP contribution in [-0.2, 0) is 0 Å². The van der Waals surface area contributed by atoms with E-state index < -0.39 is 20.4 Å². The zero-order valence-electron chi connectivity index (χ0n) is 14.2. The average Bonchev–Trinajstić information content (AvgIpc) is 2.69. The third-order valence-corrected chi connectivity index (χ3v) is 21.4. The summed E-state index contributed by atoms with van der Waals surface area (Å²) in [5.74, 6) is 0. The van der Waals surface area contributed by atoms with Gasteiger partial charge in [0.15, 0.2) is 0 Å². The second kappa shape index (κ2) is 7.75. The van der Waals surface area contributed by atoms with Gasteiger partial charge in [0.2, 0.25) is 0 Å². The molecular weight excluding hydrogens is 458 g/mol. The Balaban J connectivity index is 1.93. The molecule has 0 saturated heterocycles. The molecule has 0 aliphatic carbocycles. The van der Waals surface area contributed by atoms with Crippen molar-refractivity contribution in [2.45, 2.75) is 0 Å². The van der Waals surface area contributed by atoms with Crippen molar-refractivity contribution in [1.82, 2.24) is 9.72 Å². The minimum absolute atomic E-state index is 0.926. The zero-order valence-corrected chi connectivity index (χ0v) is 19.4. The quantitative estimate of drug-likeness (QED) is 0.462. The van der Waals surface area contributed by atoms with Gasteiger partial charge >= 0.3 is 175 Å². The molecule has 9 heteroatoms. The summed E-state index contributed by atoms with van der Waals surface area (Å²) in [7, 11) is 0. The zero-order chi connectivity index (χ0) is 19.0. The molecule has 0 bridgehead atoms. The second-order valence-corrected chi connectivity index (χ2v) is 19.1. The maximum atomic E-state index is 7.22. The normalized spacial score (nSPS) is 25.7. The molecule has 0 saturated carbocycles. The molecule has 3 nitrogen and oxygen atoms in total. The van der Waals surface area contributed by atoms with Gasteiger partial charge in [-0.1, -0.05) is 0 Å². The Kier molecular flexibility index (Phi) is 5.70. The van der Waals surface area contributed by atoms with Crippen LogP contribution in [0.1, 0.15) is 0 Å². The van der Waals surface area contributed by atoms with E-state index in [2.05, 4.69) is 9.72 Å². The summed E-state index contributed by atoms with van der Waals surface area (Å²) < 4.78 is 5.02. The SMILES string of the molecule is ClP1(c2ccccc2)=N[PH](Cl)(c2ccccc2)N[PH](Cl)(c2ccccc2)N1. The fourth-order valence-electron chi connectivity index (χ4n) is 3.04. The van der Waals surface area contributed by atoms with Gasteiger partial charge in [-0.15, -0.1) is 0 Å². The van der Waals surface area contributed by atoms with Crippen LogP contribution in [0.25, 0.3) is 0 Å². The number of halogens is 3. The van der Waals surface area contributed by atoms with Crippen molar-refractivity contribution in [3.05, 3.63) is 91.0 Å². The van der Waals surface area contributed by atoms with Crippen molar-refractivity contribution < 1.29 is 0 Å². The van der Waals surface area contributed by atoms with Crippen LogP contribution >= 0.6 is 54.1 Å². The summed E-state index contributed by atoms with van der Waals surface area (Å²) in [4.78, 5) is 7.06. The van der Waals surface area contributed by atoms with Crippen molar-refractivity contribution in [1.29, 1.82) is 0 Å². The third kappa shape index (κ3) is 3.99. The summed E-state index contributed by atoms with van der Waals surface area (Å²) in [5, 5.41) is 2.86. The molecule has 27 heavy (non-hydrogen) atoms. The number of hydrogen-bond acceptors (Lipinski definition) is 3. The van der Waals surface area contributed by atoms with Crippen molar-refractivity contribution in [3.63, 3.8) is 0 Å². The predicted octanol–water partition coefficient (Wildman–Crippen LogP) is 5.89. The molecule has 3 aromatic carbocycles. The summed E-state index contributed by atoms with van der Waals surface area (Å²) >= 11 is 21.6. The topological polar surface area (TPSA) is 36.4 Å². The molecule has 142 valence electrons. The van der Waals surface area contributed by atoms with Crippen molar-refractivity contribution in [2.24, 2.45) is 4.52 Å². The van der Waals surface area contributed by atoms with E-state index in [0.717, 1.165) is 15.9 Å². The van der Waals surface area contributed by atoms with Gasteiger partial charge in [-0.25, -0.2) is 0 Å². The Labute approximate surface area is 174 Å². The number of nitrogens with one attached hydrogen (secondary N) is 2. The van der Waals surface area contributed by atoms with E-state index in [-0.39, 0.29) is 0 Å². The van der Waals surface area contributed by atoms with Gasteiger partial charge in [0, 0.05) is 0 Å². The summed E-state index contributed by atoms with van der Waals surface area (Å²) in [6.45, 7) is -8.59. The molecule has 1 aliphatic heterocycles. The number of nitrogens with zero attached hydrogens (tertiary/aromatic N) is 1. The molecular formula is C18H19Cl3N3P3. The van der Waals surface area contributed by atoms with Gasteiger partial charge < -0.3 is 0 Å². The molecule has 1 aliphatic rings. The first-order chi connectivity index (χ1) is 12.9. The van der Waals surface area contributed by atoms with Crippen molar-refractivity contribution >= 4 is 70.0 Å². The molecule has 1 unspecified atom stereocenters. The van der Waals surface area contributed by atoms with Crippen LogP contribution in [0.2, 0.25) is 0 Å². The van der Waals surface area contributed by atoms with Crippen LogP contribution in [0.5, 0.6) is 0 Å². The first-order valence-electron chi connectivity index (χ1n) is 8.40. The minimum atomic E-state index is -3.02. The Hall–Kier alpha value is -0.460. The molecule has 0 amide bonds. The van der Waals surface area contributed by atoms with Gasteiger partial charge in [-0.3, -0.25) is 0 Å². The van der Waals surface area contributed by atoms with E-state index in [4.69, 9.17) is 38.2 Å². The van der Waals surface area contributed by atoms with Crippen molar-refractivity contribution in [2.75, 3.05) is 0 Å². The van der Waals surface area contributed by atoms with E-state index in [1.807, 2.05) is 91.0 Å². The molecule has 2 N–H and O–H groups in total. The van der Waals surface area contributed by atoms with Gasteiger partial charge in [0.1, 0.15) is 0 Å². The van der Waals surface area contributed by atoms with Gasteiger partial charge in [0.05, 0.1) is 0 Å². The van der Waals surface area contributed by atoms with E-state index in [1.165, 1.54) is 0 Å². The summed E-state index contributed by atoms with van der Waals surface area (Å²) in [6, 6.07) is 29.6. The fraction of sp³-hybridized carbons (Fsp3) is 0. The number of rotatable bonds is 3. The van der Waals surface area contributed by atoms with Gasteiger partial charge in [-0.05, 0) is 0 Å². The molecule has 0 fully saturated rings. The molecule has 3 aromatic rings. The molecule has 4 rings (SSSR count). The Morgan fingerprint density at radius 2 is 1.19 bits per heavy atom. The van der Waals surface area contributed by atoms with Gasteiger partial charge in [0.25, 0.3) is 0 Å². The summed E-state index contributed by atoms with van der Waals surface area (Å²) in [5.41, 5.74) is 0. The predicted molar refractivity (Wildman–Crippen MR) is 128 cm³/mol. The molecule has 0 radical (unpaired) electrons. The van der Waals surface area contributed by atoms with Crippen molar-refractivity contribution in [3.8, 4) is 0 Å². The standard InChI is InChI=1S/C18H19Cl3N3P3/c19-25(16-10-4-1-5-11-16)22-26(20,17-12-6-2-7-13-17)24-27(21,23-25)18-14-8-3-9-15-18/h1-15,22-23,25-26H. The van der Waals surface area contributed by atoms with Crippen LogP contribution < -0.4 is 25.6 Å². The van der Waals surface area contributed by atoms with Gasteiger partial charge in [-0.2, -0.15) is 0 Å². The van der Waals surface area contributed by atoms with Crippen LogP contribution in [0.15, 0.2) is 95.5 Å². The maximum absolute atomic E-state index is 7.22. The number of hydrogen-bond donors (Lipinski definition) is 2. The van der Waals surface area contributed by atoms with Crippen LogP contribution in [0.3, 0.4) is 0 Å². The first-order valence-corrected chi connectivity index (χ1v) is 17.0. The second-order valence-electron chi connectivity index (χ2n) is 6.24. The first kappa shape index (κ1) is 19.8. The molecule has 0 aromatic heterocycles. The Morgan fingerprint density at radius 1 is 0.704 bits per heavy atom. The summed E-state index contributed by atoms with van der Waals surface area (Å²) in [6.07, 6.45) is 0. The van der Waals surface area contributed by atoms with Crippen LogP contribution in [0, 0.1) is 0 Å². The third-order valence-electron chi connectivity index (χ3n) is 4.34. The fourth-order valence-corrected chi connectivity index (χ4v) is 24.1.